The summed E-state index contributed by atoms with van der Waals surface area (Å²) in [6, 6.07) is 3.82. The molecule has 1 saturated carbocycles. The highest BCUT2D eigenvalue weighted by atomic mass is 16.2. The van der Waals surface area contributed by atoms with Gasteiger partial charge in [0.1, 0.15) is 0 Å². The van der Waals surface area contributed by atoms with E-state index in [1.807, 2.05) is 19.2 Å². The quantitative estimate of drug-likeness (QED) is 0.791. The van der Waals surface area contributed by atoms with Gasteiger partial charge in [0, 0.05) is 40.9 Å². The van der Waals surface area contributed by atoms with E-state index in [0.29, 0.717) is 17.8 Å². The number of benzene rings is 1. The monoisotopic (exact) mass is 353 g/mol. The molecule has 2 aromatic rings. The molecule has 0 unspecified atom stereocenters. The summed E-state index contributed by atoms with van der Waals surface area (Å²) in [5.74, 6) is -0.268. The number of nitrogens with zero attached hydrogens (tertiary/aromatic N) is 2. The number of H-pyrrole nitrogens is 1. The summed E-state index contributed by atoms with van der Waals surface area (Å²) in [7, 11) is 0. The number of aromatic nitrogens is 1. The van der Waals surface area contributed by atoms with Gasteiger partial charge in [0.2, 0.25) is 0 Å². The Morgan fingerprint density at radius 2 is 2.12 bits per heavy atom. The molecule has 1 aliphatic carbocycles. The van der Waals surface area contributed by atoms with Crippen LogP contribution in [0.2, 0.25) is 0 Å². The van der Waals surface area contributed by atoms with Crippen molar-refractivity contribution in [3.05, 3.63) is 29.5 Å². The van der Waals surface area contributed by atoms with Crippen LogP contribution in [-0.2, 0) is 0 Å². The second-order valence-electron chi connectivity index (χ2n) is 6.89. The predicted octanol–water partition coefficient (Wildman–Crippen LogP) is 3.11. The average Bonchev–Trinajstić information content (AvgIpc) is 2.97. The van der Waals surface area contributed by atoms with Crippen LogP contribution in [0, 0.1) is 0 Å². The van der Waals surface area contributed by atoms with Gasteiger partial charge in [-0.1, -0.05) is 19.3 Å². The van der Waals surface area contributed by atoms with Gasteiger partial charge >= 0.3 is 6.03 Å². The normalized spacial score (nSPS) is 17.0. The number of amides is 3. The largest absolute Gasteiger partial charge is 0.360 e. The highest BCUT2D eigenvalue weighted by molar-refractivity contribution is 6.15. The first-order valence-corrected chi connectivity index (χ1v) is 9.24. The molecule has 0 bridgehead atoms. The standard InChI is InChI=1S/C19H23N5O2/c1-2-24(19(26)22-13-6-4-3-5-7-13)14-8-15-17-12(10-20-16(17)9-14)11-21-23-18(15)25/h8-11,13,20H,2-7H2,1H3,(H,22,26)(H,23,25). The van der Waals surface area contributed by atoms with Crippen molar-refractivity contribution in [2.24, 2.45) is 5.10 Å². The molecule has 0 atom stereocenters. The molecule has 0 spiro atoms. The average molecular weight is 353 g/mol. The number of carbonyl (C=O) groups is 2. The van der Waals surface area contributed by atoms with E-state index in [-0.39, 0.29) is 18.0 Å². The number of urea groups is 1. The minimum atomic E-state index is -0.268. The zero-order valence-corrected chi connectivity index (χ0v) is 14.8. The first kappa shape index (κ1) is 16.6. The number of hydrogen-bond donors (Lipinski definition) is 3. The van der Waals surface area contributed by atoms with Crippen molar-refractivity contribution in [2.75, 3.05) is 11.4 Å². The van der Waals surface area contributed by atoms with Gasteiger partial charge in [0.25, 0.3) is 5.91 Å². The fourth-order valence-corrected chi connectivity index (χ4v) is 3.88. The lowest BCUT2D eigenvalue weighted by molar-refractivity contribution is 0.0957. The van der Waals surface area contributed by atoms with Crippen LogP contribution in [0.3, 0.4) is 0 Å². The van der Waals surface area contributed by atoms with Gasteiger partial charge in [-0.3, -0.25) is 9.69 Å². The van der Waals surface area contributed by atoms with Crippen LogP contribution in [0.5, 0.6) is 0 Å². The van der Waals surface area contributed by atoms with Crippen molar-refractivity contribution in [1.82, 2.24) is 15.7 Å². The number of rotatable bonds is 3. The lowest BCUT2D eigenvalue weighted by atomic mass is 9.96. The third-order valence-corrected chi connectivity index (χ3v) is 5.22. The third-order valence-electron chi connectivity index (χ3n) is 5.22. The van der Waals surface area contributed by atoms with Gasteiger partial charge in [-0.05, 0) is 31.9 Å². The number of aromatic amines is 1. The molecule has 26 heavy (non-hydrogen) atoms. The Labute approximate surface area is 151 Å². The maximum atomic E-state index is 12.8. The second-order valence-corrected chi connectivity index (χ2v) is 6.89. The molecule has 3 N–H and O–H groups in total. The number of hydrazone groups is 1. The Morgan fingerprint density at radius 1 is 1.31 bits per heavy atom. The van der Waals surface area contributed by atoms with Gasteiger partial charge in [-0.15, -0.1) is 0 Å². The van der Waals surface area contributed by atoms with Crippen LogP contribution in [-0.4, -0.2) is 35.7 Å². The number of carbonyl (C=O) groups excluding carboxylic acids is 2. The maximum absolute atomic E-state index is 12.8. The Morgan fingerprint density at radius 3 is 2.88 bits per heavy atom. The van der Waals surface area contributed by atoms with E-state index >= 15 is 0 Å². The molecule has 3 amide bonds. The van der Waals surface area contributed by atoms with Crippen molar-refractivity contribution in [1.29, 1.82) is 0 Å². The SMILES string of the molecule is CCN(C(=O)NC1CCCCC1)c1cc2c3c(c[nH]c3c1)C=NNC2=O. The molecule has 1 aromatic carbocycles. The fraction of sp³-hybridized carbons (Fsp3) is 0.421. The Kier molecular flexibility index (Phi) is 4.36. The molecule has 7 nitrogen and oxygen atoms in total. The summed E-state index contributed by atoms with van der Waals surface area (Å²) in [6.45, 7) is 2.46. The van der Waals surface area contributed by atoms with Gasteiger partial charge in [0.05, 0.1) is 11.8 Å². The maximum Gasteiger partial charge on any atom is 0.322 e. The van der Waals surface area contributed by atoms with E-state index in [2.05, 4.69) is 20.8 Å². The van der Waals surface area contributed by atoms with Gasteiger partial charge in [-0.2, -0.15) is 5.10 Å². The minimum absolute atomic E-state index is 0.108. The number of anilines is 1. The molecule has 0 radical (unpaired) electrons. The first-order chi connectivity index (χ1) is 12.7. The van der Waals surface area contributed by atoms with Crippen LogP contribution < -0.4 is 15.6 Å². The van der Waals surface area contributed by atoms with Crippen molar-refractivity contribution in [3.8, 4) is 0 Å². The minimum Gasteiger partial charge on any atom is -0.360 e. The van der Waals surface area contributed by atoms with E-state index in [4.69, 9.17) is 0 Å². The first-order valence-electron chi connectivity index (χ1n) is 9.24. The lowest BCUT2D eigenvalue weighted by Crippen LogP contribution is -2.45. The van der Waals surface area contributed by atoms with Crippen molar-refractivity contribution < 1.29 is 9.59 Å². The molecule has 4 rings (SSSR count). The zero-order valence-electron chi connectivity index (χ0n) is 14.8. The summed E-state index contributed by atoms with van der Waals surface area (Å²) in [5, 5.41) is 7.91. The van der Waals surface area contributed by atoms with Crippen LogP contribution in [0.4, 0.5) is 10.5 Å². The van der Waals surface area contributed by atoms with Crippen LogP contribution >= 0.6 is 0 Å². The summed E-state index contributed by atoms with van der Waals surface area (Å²) in [6.07, 6.45) is 9.09. The third kappa shape index (κ3) is 2.94. The van der Waals surface area contributed by atoms with E-state index in [1.54, 1.807) is 17.2 Å². The highest BCUT2D eigenvalue weighted by Gasteiger charge is 2.23. The molecule has 1 fully saturated rings. The van der Waals surface area contributed by atoms with E-state index in [9.17, 15) is 9.59 Å². The predicted molar refractivity (Wildman–Crippen MR) is 102 cm³/mol. The fourth-order valence-electron chi connectivity index (χ4n) is 3.88. The molecule has 0 saturated heterocycles. The van der Waals surface area contributed by atoms with Gasteiger partial charge < -0.3 is 10.3 Å². The molecule has 2 heterocycles. The van der Waals surface area contributed by atoms with Crippen molar-refractivity contribution in [3.63, 3.8) is 0 Å². The highest BCUT2D eigenvalue weighted by Crippen LogP contribution is 2.29. The van der Waals surface area contributed by atoms with E-state index in [1.165, 1.54) is 19.3 Å². The summed E-state index contributed by atoms with van der Waals surface area (Å²) >= 11 is 0. The topological polar surface area (TPSA) is 89.6 Å². The smallest absolute Gasteiger partial charge is 0.322 e. The molecule has 1 aliphatic heterocycles. The Balaban J connectivity index is 1.67. The molecule has 136 valence electrons. The van der Waals surface area contributed by atoms with Crippen LogP contribution in [0.25, 0.3) is 10.9 Å². The van der Waals surface area contributed by atoms with Gasteiger partial charge in [0.15, 0.2) is 0 Å². The number of nitrogens with one attached hydrogen (secondary N) is 3. The molecular weight excluding hydrogens is 330 g/mol. The van der Waals surface area contributed by atoms with Crippen molar-refractivity contribution in [2.45, 2.75) is 45.1 Å². The molecule has 7 heteroatoms. The molecule has 2 aliphatic rings. The van der Waals surface area contributed by atoms with Crippen LogP contribution in [0.1, 0.15) is 54.9 Å². The van der Waals surface area contributed by atoms with E-state index < -0.39 is 0 Å². The van der Waals surface area contributed by atoms with Crippen LogP contribution in [0.15, 0.2) is 23.4 Å². The molecular formula is C19H23N5O2. The summed E-state index contributed by atoms with van der Waals surface area (Å²) in [5.41, 5.74) is 5.42. The van der Waals surface area contributed by atoms with E-state index in [0.717, 1.165) is 29.3 Å². The Hall–Kier alpha value is -2.83. The lowest BCUT2D eigenvalue weighted by Gasteiger charge is -2.28. The summed E-state index contributed by atoms with van der Waals surface area (Å²) < 4.78 is 0. The summed E-state index contributed by atoms with van der Waals surface area (Å²) in [4.78, 5) is 30.1. The number of hydrogen-bond acceptors (Lipinski definition) is 3. The zero-order chi connectivity index (χ0) is 18.1. The molecule has 1 aromatic heterocycles. The van der Waals surface area contributed by atoms with Crippen molar-refractivity contribution >= 4 is 34.7 Å². The van der Waals surface area contributed by atoms with Gasteiger partial charge in [-0.25, -0.2) is 10.2 Å². The Bertz CT molecular complexity index is 879. The second kappa shape index (κ2) is 6.82.